The second-order valence-corrected chi connectivity index (χ2v) is 8.09. The number of piperazine rings is 1. The minimum atomic E-state index is -0.215. The van der Waals surface area contributed by atoms with Crippen LogP contribution < -0.4 is 4.90 Å². The summed E-state index contributed by atoms with van der Waals surface area (Å²) in [6.07, 6.45) is 0. The Morgan fingerprint density at radius 1 is 1.31 bits per heavy atom. The van der Waals surface area contributed by atoms with E-state index in [1.807, 2.05) is 24.0 Å². The molecule has 1 atom stereocenters. The van der Waals surface area contributed by atoms with Crippen LogP contribution in [0.1, 0.15) is 25.0 Å². The number of rotatable bonds is 5. The molecule has 2 heterocycles. The van der Waals surface area contributed by atoms with Crippen molar-refractivity contribution in [3.05, 3.63) is 29.3 Å². The predicted octanol–water partition coefficient (Wildman–Crippen LogP) is 0.507. The molecule has 0 aliphatic carbocycles. The van der Waals surface area contributed by atoms with Gasteiger partial charge in [-0.25, -0.2) is 0 Å². The van der Waals surface area contributed by atoms with E-state index in [1.54, 1.807) is 9.58 Å². The number of nitrogens with zero attached hydrogens (tertiary/aromatic N) is 5. The first-order chi connectivity index (χ1) is 12.5. The molecule has 1 aromatic heterocycles. The number of hydrogen-bond acceptors (Lipinski definition) is 5. The van der Waals surface area contributed by atoms with E-state index in [1.165, 1.54) is 17.3 Å². The largest absolute Gasteiger partial charge is 0.332 e. The number of nitrogens with one attached hydrogen (secondary N) is 1. The number of hydrogen-bond donors (Lipinski definition) is 1. The third-order valence-electron chi connectivity index (χ3n) is 5.16. The van der Waals surface area contributed by atoms with Crippen molar-refractivity contribution in [2.24, 2.45) is 0 Å². The zero-order chi connectivity index (χ0) is 18.7. The van der Waals surface area contributed by atoms with Crippen LogP contribution in [0.2, 0.25) is 0 Å². The summed E-state index contributed by atoms with van der Waals surface area (Å²) in [5, 5.41) is 12.6. The van der Waals surface area contributed by atoms with Gasteiger partial charge in [0.25, 0.3) is 0 Å². The first kappa shape index (κ1) is 18.8. The Labute approximate surface area is 158 Å². The number of aromatic nitrogens is 4. The number of quaternary nitrogens is 1. The Bertz CT molecular complexity index is 769. The molecule has 1 amide bonds. The molecule has 1 saturated heterocycles. The molecule has 8 heteroatoms. The molecule has 26 heavy (non-hydrogen) atoms. The van der Waals surface area contributed by atoms with Crippen molar-refractivity contribution >= 4 is 17.7 Å². The molecular formula is C18H27N6OS+. The Kier molecular flexibility index (Phi) is 5.93. The van der Waals surface area contributed by atoms with Crippen molar-refractivity contribution in [1.29, 1.82) is 0 Å². The van der Waals surface area contributed by atoms with E-state index in [0.717, 1.165) is 44.0 Å². The molecule has 140 valence electrons. The van der Waals surface area contributed by atoms with E-state index < -0.39 is 0 Å². The standard InChI is InChI=1S/C18H26N6OS/c1-5-22-9-11-23(12-10-22)17(25)15(4)26-18-19-20-21-24(18)16-8-6-7-13(2)14(16)3/h6-8,15H,5,9-12H2,1-4H3/p+1/t15-/m0/s1. The molecule has 1 N–H and O–H groups in total. The average molecular weight is 376 g/mol. The second kappa shape index (κ2) is 8.18. The summed E-state index contributed by atoms with van der Waals surface area (Å²) in [6, 6.07) is 6.07. The van der Waals surface area contributed by atoms with Gasteiger partial charge in [-0.05, 0) is 55.3 Å². The zero-order valence-electron chi connectivity index (χ0n) is 15.9. The molecule has 0 bridgehead atoms. The monoisotopic (exact) mass is 375 g/mol. The lowest BCUT2D eigenvalue weighted by Gasteiger charge is -2.32. The van der Waals surface area contributed by atoms with E-state index in [-0.39, 0.29) is 11.2 Å². The minimum absolute atomic E-state index is 0.167. The van der Waals surface area contributed by atoms with Gasteiger partial charge in [-0.1, -0.05) is 23.9 Å². The van der Waals surface area contributed by atoms with Crippen LogP contribution in [0, 0.1) is 13.8 Å². The fourth-order valence-electron chi connectivity index (χ4n) is 3.23. The summed E-state index contributed by atoms with van der Waals surface area (Å²) in [4.78, 5) is 16.3. The summed E-state index contributed by atoms with van der Waals surface area (Å²) in [7, 11) is 0. The van der Waals surface area contributed by atoms with Crippen molar-refractivity contribution in [3.63, 3.8) is 0 Å². The van der Waals surface area contributed by atoms with Crippen LogP contribution in [0.15, 0.2) is 23.4 Å². The molecule has 0 saturated carbocycles. The Balaban J connectivity index is 1.71. The third-order valence-corrected chi connectivity index (χ3v) is 6.18. The van der Waals surface area contributed by atoms with E-state index in [9.17, 15) is 4.79 Å². The quantitative estimate of drug-likeness (QED) is 0.771. The van der Waals surface area contributed by atoms with Gasteiger partial charge in [0.05, 0.1) is 43.7 Å². The molecule has 1 fully saturated rings. The van der Waals surface area contributed by atoms with Crippen LogP contribution >= 0.6 is 11.8 Å². The van der Waals surface area contributed by atoms with Gasteiger partial charge in [0.1, 0.15) is 0 Å². The molecule has 1 aliphatic heterocycles. The van der Waals surface area contributed by atoms with Gasteiger partial charge in [-0.3, -0.25) is 4.79 Å². The van der Waals surface area contributed by atoms with Gasteiger partial charge >= 0.3 is 0 Å². The number of benzene rings is 1. The van der Waals surface area contributed by atoms with E-state index in [4.69, 9.17) is 0 Å². The predicted molar refractivity (Wildman–Crippen MR) is 102 cm³/mol. The van der Waals surface area contributed by atoms with E-state index in [0.29, 0.717) is 5.16 Å². The maximum Gasteiger partial charge on any atom is 0.236 e. The summed E-state index contributed by atoms with van der Waals surface area (Å²) in [5.41, 5.74) is 3.28. The van der Waals surface area contributed by atoms with Crippen LogP contribution in [-0.4, -0.2) is 69.0 Å². The lowest BCUT2D eigenvalue weighted by atomic mass is 10.1. The van der Waals surface area contributed by atoms with Crippen molar-refractivity contribution in [2.45, 2.75) is 38.1 Å². The molecule has 1 aromatic carbocycles. The number of aryl methyl sites for hydroxylation is 1. The second-order valence-electron chi connectivity index (χ2n) is 6.78. The third kappa shape index (κ3) is 3.91. The lowest BCUT2D eigenvalue weighted by Crippen LogP contribution is -3.14. The highest BCUT2D eigenvalue weighted by Gasteiger charge is 2.28. The van der Waals surface area contributed by atoms with Crippen LogP contribution in [-0.2, 0) is 4.79 Å². The minimum Gasteiger partial charge on any atom is -0.332 e. The van der Waals surface area contributed by atoms with Crippen LogP contribution in [0.25, 0.3) is 5.69 Å². The number of carbonyl (C=O) groups is 1. The summed E-state index contributed by atoms with van der Waals surface area (Å²) < 4.78 is 1.73. The Hall–Kier alpha value is -1.93. The van der Waals surface area contributed by atoms with Gasteiger partial charge in [0.2, 0.25) is 11.1 Å². The summed E-state index contributed by atoms with van der Waals surface area (Å²) in [6.45, 7) is 13.1. The fraction of sp³-hybridized carbons (Fsp3) is 0.556. The van der Waals surface area contributed by atoms with Crippen molar-refractivity contribution in [2.75, 3.05) is 32.7 Å². The molecular weight excluding hydrogens is 348 g/mol. The Morgan fingerprint density at radius 2 is 2.04 bits per heavy atom. The molecule has 1 aliphatic rings. The fourth-order valence-corrected chi connectivity index (χ4v) is 4.12. The smallest absolute Gasteiger partial charge is 0.236 e. The van der Waals surface area contributed by atoms with Crippen LogP contribution in [0.4, 0.5) is 0 Å². The maximum atomic E-state index is 12.8. The Morgan fingerprint density at radius 3 is 2.73 bits per heavy atom. The van der Waals surface area contributed by atoms with Gasteiger partial charge in [0, 0.05) is 0 Å². The first-order valence-electron chi connectivity index (χ1n) is 9.15. The number of tetrazole rings is 1. The SMILES string of the molecule is CC[NH+]1CCN(C(=O)[C@H](C)Sc2nnnn2-c2cccc(C)c2C)CC1. The molecule has 3 rings (SSSR count). The molecule has 0 unspecified atom stereocenters. The molecule has 0 spiro atoms. The van der Waals surface area contributed by atoms with E-state index in [2.05, 4.69) is 42.4 Å². The topological polar surface area (TPSA) is 68.3 Å². The van der Waals surface area contributed by atoms with Gasteiger partial charge < -0.3 is 9.80 Å². The first-order valence-corrected chi connectivity index (χ1v) is 10.0. The highest BCUT2D eigenvalue weighted by atomic mass is 32.2. The number of likely N-dealkylation sites (N-methyl/N-ethyl adjacent to an activating group) is 1. The highest BCUT2D eigenvalue weighted by Crippen LogP contribution is 2.26. The number of thioether (sulfide) groups is 1. The highest BCUT2D eigenvalue weighted by molar-refractivity contribution is 8.00. The van der Waals surface area contributed by atoms with Crippen LogP contribution in [0.5, 0.6) is 0 Å². The molecule has 0 radical (unpaired) electrons. The van der Waals surface area contributed by atoms with Crippen molar-refractivity contribution in [1.82, 2.24) is 25.1 Å². The molecule has 7 nitrogen and oxygen atoms in total. The average Bonchev–Trinajstić information content (AvgIpc) is 3.11. The van der Waals surface area contributed by atoms with Crippen molar-refractivity contribution in [3.8, 4) is 5.69 Å². The normalized spacial score (nSPS) is 16.7. The van der Waals surface area contributed by atoms with Gasteiger partial charge in [-0.2, -0.15) is 4.68 Å². The number of carbonyl (C=O) groups excluding carboxylic acids is 1. The molecule has 2 aromatic rings. The van der Waals surface area contributed by atoms with E-state index >= 15 is 0 Å². The van der Waals surface area contributed by atoms with Gasteiger partial charge in [0.15, 0.2) is 0 Å². The zero-order valence-corrected chi connectivity index (χ0v) is 16.7. The number of amides is 1. The van der Waals surface area contributed by atoms with Crippen molar-refractivity contribution < 1.29 is 9.69 Å². The van der Waals surface area contributed by atoms with Gasteiger partial charge in [-0.15, -0.1) is 5.10 Å². The maximum absolute atomic E-state index is 12.8. The lowest BCUT2D eigenvalue weighted by molar-refractivity contribution is -0.902. The van der Waals surface area contributed by atoms with Crippen LogP contribution in [0.3, 0.4) is 0 Å². The summed E-state index contributed by atoms with van der Waals surface area (Å²) >= 11 is 1.42. The summed E-state index contributed by atoms with van der Waals surface area (Å²) in [5.74, 6) is 0.167.